The molecule has 0 amide bonds. The summed E-state index contributed by atoms with van der Waals surface area (Å²) in [7, 11) is 1.68. The third kappa shape index (κ3) is 2.98. The van der Waals surface area contributed by atoms with E-state index < -0.39 is 0 Å². The van der Waals surface area contributed by atoms with Gasteiger partial charge in [-0.05, 0) is 43.5 Å². The van der Waals surface area contributed by atoms with Crippen LogP contribution in [0.3, 0.4) is 0 Å². The Morgan fingerprint density at radius 3 is 2.64 bits per heavy atom. The lowest BCUT2D eigenvalue weighted by molar-refractivity contribution is 0.284. The number of hydrogen-bond acceptors (Lipinski definition) is 3. The van der Waals surface area contributed by atoms with Crippen LogP contribution in [-0.2, 0) is 13.0 Å². The first-order valence-corrected chi connectivity index (χ1v) is 7.60. The molecule has 0 bridgehead atoms. The van der Waals surface area contributed by atoms with Gasteiger partial charge < -0.3 is 9.47 Å². The zero-order valence-electron chi connectivity index (χ0n) is 13.3. The van der Waals surface area contributed by atoms with E-state index in [0.29, 0.717) is 12.6 Å². The molecular formula is C19H21NO2. The van der Waals surface area contributed by atoms with E-state index in [1.165, 1.54) is 11.1 Å². The molecule has 1 atom stereocenters. The number of rotatable bonds is 4. The summed E-state index contributed by atoms with van der Waals surface area (Å²) in [6.07, 6.45) is 0.946. The minimum atomic E-state index is 0.327. The average molecular weight is 295 g/mol. The van der Waals surface area contributed by atoms with Gasteiger partial charge in [-0.1, -0.05) is 30.3 Å². The molecule has 3 heteroatoms. The fraction of sp³-hybridized carbons (Fsp3) is 0.316. The molecule has 2 aromatic carbocycles. The summed E-state index contributed by atoms with van der Waals surface area (Å²) in [5.41, 5.74) is 4.66. The summed E-state index contributed by atoms with van der Waals surface area (Å²) in [6.45, 7) is 4.73. The molecule has 1 aliphatic heterocycles. The SMILES string of the molecule is COc1cc2c(cc1OCc1ccccc1)C(C)=NC(C)C2. The van der Waals surface area contributed by atoms with Crippen LogP contribution in [0.25, 0.3) is 0 Å². The van der Waals surface area contributed by atoms with Gasteiger partial charge in [-0.15, -0.1) is 0 Å². The van der Waals surface area contributed by atoms with Crippen LogP contribution in [0.2, 0.25) is 0 Å². The molecule has 1 unspecified atom stereocenters. The van der Waals surface area contributed by atoms with Crippen LogP contribution in [0.15, 0.2) is 47.5 Å². The lowest BCUT2D eigenvalue weighted by atomic mass is 9.94. The highest BCUT2D eigenvalue weighted by molar-refractivity contribution is 6.01. The fourth-order valence-corrected chi connectivity index (χ4v) is 2.88. The smallest absolute Gasteiger partial charge is 0.162 e. The second-order valence-corrected chi connectivity index (χ2v) is 5.70. The van der Waals surface area contributed by atoms with Crippen LogP contribution >= 0.6 is 0 Å². The van der Waals surface area contributed by atoms with E-state index >= 15 is 0 Å². The molecule has 3 rings (SSSR count). The second kappa shape index (κ2) is 6.22. The normalized spacial score (nSPS) is 16.7. The van der Waals surface area contributed by atoms with Gasteiger partial charge in [0.1, 0.15) is 6.61 Å². The van der Waals surface area contributed by atoms with Crippen molar-refractivity contribution in [3.63, 3.8) is 0 Å². The first kappa shape index (κ1) is 14.6. The largest absolute Gasteiger partial charge is 0.493 e. The van der Waals surface area contributed by atoms with Crippen LogP contribution in [0.1, 0.15) is 30.5 Å². The molecule has 0 aromatic heterocycles. The third-order valence-corrected chi connectivity index (χ3v) is 3.95. The maximum absolute atomic E-state index is 5.98. The van der Waals surface area contributed by atoms with Crippen LogP contribution < -0.4 is 9.47 Å². The van der Waals surface area contributed by atoms with Crippen molar-refractivity contribution in [1.29, 1.82) is 0 Å². The summed E-state index contributed by atoms with van der Waals surface area (Å²) < 4.78 is 11.5. The Morgan fingerprint density at radius 2 is 1.91 bits per heavy atom. The molecule has 3 nitrogen and oxygen atoms in total. The number of ether oxygens (including phenoxy) is 2. The summed E-state index contributed by atoms with van der Waals surface area (Å²) in [5.74, 6) is 1.56. The van der Waals surface area contributed by atoms with Crippen molar-refractivity contribution in [3.8, 4) is 11.5 Å². The van der Waals surface area contributed by atoms with E-state index in [1.807, 2.05) is 18.2 Å². The highest BCUT2D eigenvalue weighted by Crippen LogP contribution is 2.34. The number of benzene rings is 2. The number of nitrogens with zero attached hydrogens (tertiary/aromatic N) is 1. The van der Waals surface area contributed by atoms with Crippen LogP contribution in [0, 0.1) is 0 Å². The molecule has 1 aliphatic rings. The fourth-order valence-electron chi connectivity index (χ4n) is 2.88. The van der Waals surface area contributed by atoms with Gasteiger partial charge in [0, 0.05) is 11.3 Å². The van der Waals surface area contributed by atoms with Gasteiger partial charge in [-0.2, -0.15) is 0 Å². The lowest BCUT2D eigenvalue weighted by Crippen LogP contribution is -2.17. The van der Waals surface area contributed by atoms with Crippen LogP contribution in [0.5, 0.6) is 11.5 Å². The van der Waals surface area contributed by atoms with Gasteiger partial charge in [-0.25, -0.2) is 0 Å². The number of aliphatic imine (C=N–C) groups is 1. The maximum atomic E-state index is 5.98. The Bertz CT molecular complexity index is 692. The van der Waals surface area contributed by atoms with Crippen LogP contribution in [0.4, 0.5) is 0 Å². The molecule has 0 spiro atoms. The van der Waals surface area contributed by atoms with Gasteiger partial charge in [0.2, 0.25) is 0 Å². The van der Waals surface area contributed by atoms with Crippen molar-refractivity contribution in [2.45, 2.75) is 32.9 Å². The van der Waals surface area contributed by atoms with Gasteiger partial charge in [0.05, 0.1) is 13.2 Å². The molecule has 0 fully saturated rings. The molecule has 114 valence electrons. The molecule has 2 aromatic rings. The minimum Gasteiger partial charge on any atom is -0.493 e. The highest BCUT2D eigenvalue weighted by Gasteiger charge is 2.19. The Kier molecular flexibility index (Phi) is 4.14. The number of methoxy groups -OCH3 is 1. The Morgan fingerprint density at radius 1 is 1.14 bits per heavy atom. The van der Waals surface area contributed by atoms with Gasteiger partial charge >= 0.3 is 0 Å². The minimum absolute atomic E-state index is 0.327. The quantitative estimate of drug-likeness (QED) is 0.852. The van der Waals surface area contributed by atoms with Crippen molar-refractivity contribution in [3.05, 3.63) is 59.2 Å². The van der Waals surface area contributed by atoms with E-state index in [2.05, 4.69) is 43.1 Å². The molecule has 0 N–H and O–H groups in total. The standard InChI is InChI=1S/C19H21NO2/c1-13-9-16-10-18(21-3)19(11-17(16)14(2)20-13)22-12-15-7-5-4-6-8-15/h4-8,10-11,13H,9,12H2,1-3H3. The summed E-state index contributed by atoms with van der Waals surface area (Å²) in [5, 5.41) is 0. The molecule has 0 aliphatic carbocycles. The lowest BCUT2D eigenvalue weighted by Gasteiger charge is -2.22. The monoisotopic (exact) mass is 295 g/mol. The van der Waals surface area contributed by atoms with Crippen molar-refractivity contribution in [2.75, 3.05) is 7.11 Å². The van der Waals surface area contributed by atoms with E-state index in [1.54, 1.807) is 7.11 Å². The molecule has 0 saturated carbocycles. The van der Waals surface area contributed by atoms with Gasteiger partial charge in [-0.3, -0.25) is 4.99 Å². The maximum Gasteiger partial charge on any atom is 0.162 e. The summed E-state index contributed by atoms with van der Waals surface area (Å²) in [6, 6.07) is 14.6. The average Bonchev–Trinajstić information content (AvgIpc) is 2.53. The number of hydrogen-bond donors (Lipinski definition) is 0. The van der Waals surface area contributed by atoms with Crippen molar-refractivity contribution in [1.82, 2.24) is 0 Å². The van der Waals surface area contributed by atoms with Crippen molar-refractivity contribution < 1.29 is 9.47 Å². The molecule has 0 saturated heterocycles. The highest BCUT2D eigenvalue weighted by atomic mass is 16.5. The van der Waals surface area contributed by atoms with Crippen molar-refractivity contribution in [2.24, 2.45) is 4.99 Å². The molecule has 22 heavy (non-hydrogen) atoms. The molecular weight excluding hydrogens is 274 g/mol. The summed E-state index contributed by atoms with van der Waals surface area (Å²) in [4.78, 5) is 4.66. The summed E-state index contributed by atoms with van der Waals surface area (Å²) >= 11 is 0. The van der Waals surface area contributed by atoms with E-state index in [-0.39, 0.29) is 0 Å². The predicted octanol–water partition coefficient (Wildman–Crippen LogP) is 4.03. The first-order valence-electron chi connectivity index (χ1n) is 7.60. The van der Waals surface area contributed by atoms with Gasteiger partial charge in [0.15, 0.2) is 11.5 Å². The number of fused-ring (bicyclic) bond motifs is 1. The predicted molar refractivity (Wildman–Crippen MR) is 89.1 cm³/mol. The van der Waals surface area contributed by atoms with Gasteiger partial charge in [0.25, 0.3) is 0 Å². The molecule has 1 heterocycles. The van der Waals surface area contributed by atoms with Crippen molar-refractivity contribution >= 4 is 5.71 Å². The first-order chi connectivity index (χ1) is 10.7. The topological polar surface area (TPSA) is 30.8 Å². The Balaban J connectivity index is 1.89. The van der Waals surface area contributed by atoms with Crippen LogP contribution in [-0.4, -0.2) is 18.9 Å². The second-order valence-electron chi connectivity index (χ2n) is 5.70. The zero-order chi connectivity index (χ0) is 15.5. The Labute approximate surface area is 131 Å². The van der Waals surface area contributed by atoms with E-state index in [9.17, 15) is 0 Å². The van der Waals surface area contributed by atoms with E-state index in [0.717, 1.165) is 29.2 Å². The third-order valence-electron chi connectivity index (χ3n) is 3.95. The van der Waals surface area contributed by atoms with E-state index in [4.69, 9.17) is 9.47 Å². The molecule has 0 radical (unpaired) electrons. The zero-order valence-corrected chi connectivity index (χ0v) is 13.3. The Hall–Kier alpha value is -2.29.